The number of hydrogen-bond donors (Lipinski definition) is 0. The summed E-state index contributed by atoms with van der Waals surface area (Å²) < 4.78 is 12.8. The Morgan fingerprint density at radius 3 is 2.76 bits per heavy atom. The molecule has 88 valence electrons. The normalized spacial score (nSPS) is 10.5. The second-order valence-electron chi connectivity index (χ2n) is 3.78. The lowest BCUT2D eigenvalue weighted by Crippen LogP contribution is -2.02. The first-order valence-electron chi connectivity index (χ1n) is 5.08. The van der Waals surface area contributed by atoms with Crippen molar-refractivity contribution < 1.29 is 9.18 Å². The number of carbonyl (C=O) groups is 1. The number of ketones is 1. The summed E-state index contributed by atoms with van der Waals surface area (Å²) in [5, 5.41) is 2.13. The summed E-state index contributed by atoms with van der Waals surface area (Å²) in [5.41, 5.74) is 1.34. The van der Waals surface area contributed by atoms with Crippen molar-refractivity contribution in [2.75, 3.05) is 0 Å². The van der Waals surface area contributed by atoms with Gasteiger partial charge < -0.3 is 0 Å². The van der Waals surface area contributed by atoms with Gasteiger partial charge in [-0.25, -0.2) is 4.39 Å². The molecule has 0 fully saturated rings. The molecule has 0 amide bonds. The minimum absolute atomic E-state index is 0.00265. The van der Waals surface area contributed by atoms with Crippen LogP contribution in [0.3, 0.4) is 0 Å². The standard InChI is InChI=1S/C13H10ClFOS/c1-8-4-10(7-17-8)13(16)5-9-2-3-11(15)6-12(9)14/h2-4,6-7H,5H2,1H3. The van der Waals surface area contributed by atoms with E-state index in [0.717, 1.165) is 4.88 Å². The molecule has 0 aliphatic heterocycles. The van der Waals surface area contributed by atoms with E-state index in [4.69, 9.17) is 11.6 Å². The predicted octanol–water partition coefficient (Wildman–Crippen LogP) is 4.27. The first-order valence-corrected chi connectivity index (χ1v) is 6.34. The highest BCUT2D eigenvalue weighted by molar-refractivity contribution is 7.10. The summed E-state index contributed by atoms with van der Waals surface area (Å²) in [7, 11) is 0. The van der Waals surface area contributed by atoms with Gasteiger partial charge in [-0.05, 0) is 30.7 Å². The molecule has 17 heavy (non-hydrogen) atoms. The Hall–Kier alpha value is -1.19. The molecule has 1 aromatic heterocycles. The number of carbonyl (C=O) groups excluding carboxylic acids is 1. The third-order valence-electron chi connectivity index (χ3n) is 2.42. The highest BCUT2D eigenvalue weighted by Gasteiger charge is 2.11. The molecule has 0 saturated heterocycles. The molecular formula is C13H10ClFOS. The first-order chi connectivity index (χ1) is 8.06. The van der Waals surface area contributed by atoms with Crippen molar-refractivity contribution in [2.24, 2.45) is 0 Å². The zero-order valence-electron chi connectivity index (χ0n) is 9.17. The second-order valence-corrected chi connectivity index (χ2v) is 5.30. The summed E-state index contributed by atoms with van der Waals surface area (Å²) in [6.07, 6.45) is 0.204. The molecule has 0 radical (unpaired) electrons. The van der Waals surface area contributed by atoms with Crippen molar-refractivity contribution in [3.05, 3.63) is 56.5 Å². The van der Waals surface area contributed by atoms with Crippen molar-refractivity contribution in [2.45, 2.75) is 13.3 Å². The zero-order valence-corrected chi connectivity index (χ0v) is 10.7. The first kappa shape index (κ1) is 12.3. The number of thiophene rings is 1. The van der Waals surface area contributed by atoms with Crippen LogP contribution in [0.4, 0.5) is 4.39 Å². The highest BCUT2D eigenvalue weighted by atomic mass is 35.5. The lowest BCUT2D eigenvalue weighted by atomic mass is 10.1. The van der Waals surface area contributed by atoms with Gasteiger partial charge in [-0.1, -0.05) is 17.7 Å². The molecule has 4 heteroatoms. The number of hydrogen-bond acceptors (Lipinski definition) is 2. The van der Waals surface area contributed by atoms with Gasteiger partial charge in [0.05, 0.1) is 0 Å². The van der Waals surface area contributed by atoms with Crippen LogP contribution in [0.1, 0.15) is 20.8 Å². The summed E-state index contributed by atoms with van der Waals surface area (Å²) >= 11 is 7.41. The molecule has 1 nitrogen and oxygen atoms in total. The monoisotopic (exact) mass is 268 g/mol. The van der Waals surface area contributed by atoms with Gasteiger partial charge in [0, 0.05) is 27.3 Å². The van der Waals surface area contributed by atoms with E-state index in [1.165, 1.54) is 23.5 Å². The van der Waals surface area contributed by atoms with Gasteiger partial charge in [0.2, 0.25) is 0 Å². The fourth-order valence-electron chi connectivity index (χ4n) is 1.53. The van der Waals surface area contributed by atoms with Crippen LogP contribution in [0.15, 0.2) is 29.6 Å². The van der Waals surface area contributed by atoms with Crippen LogP contribution in [0.2, 0.25) is 5.02 Å². The molecule has 0 aliphatic rings. The maximum Gasteiger partial charge on any atom is 0.168 e. The number of Topliss-reactive ketones (excluding diaryl/α,β-unsaturated/α-hetero) is 1. The molecule has 1 aromatic carbocycles. The van der Waals surface area contributed by atoms with Gasteiger partial charge in [0.15, 0.2) is 5.78 Å². The average Bonchev–Trinajstić information content (AvgIpc) is 2.69. The number of rotatable bonds is 3. The van der Waals surface area contributed by atoms with Gasteiger partial charge in [-0.2, -0.15) is 0 Å². The zero-order chi connectivity index (χ0) is 12.4. The van der Waals surface area contributed by atoms with E-state index in [1.807, 2.05) is 18.4 Å². The Bertz CT molecular complexity index is 562. The van der Waals surface area contributed by atoms with Crippen LogP contribution in [0.5, 0.6) is 0 Å². The van der Waals surface area contributed by atoms with Gasteiger partial charge >= 0.3 is 0 Å². The fourth-order valence-corrected chi connectivity index (χ4v) is 2.47. The Morgan fingerprint density at radius 2 is 2.18 bits per heavy atom. The van der Waals surface area contributed by atoms with E-state index in [2.05, 4.69) is 0 Å². The molecule has 0 unspecified atom stereocenters. The van der Waals surface area contributed by atoms with Gasteiger partial charge in [0.25, 0.3) is 0 Å². The number of benzene rings is 1. The molecule has 2 rings (SSSR count). The maximum atomic E-state index is 12.8. The minimum atomic E-state index is -0.391. The molecule has 0 saturated carbocycles. The van der Waals surface area contributed by atoms with Crippen LogP contribution in [0, 0.1) is 12.7 Å². The second kappa shape index (κ2) is 4.98. The molecule has 0 N–H and O–H groups in total. The smallest absolute Gasteiger partial charge is 0.168 e. The van der Waals surface area contributed by atoms with E-state index >= 15 is 0 Å². The third kappa shape index (κ3) is 2.93. The van der Waals surface area contributed by atoms with Crippen molar-refractivity contribution >= 4 is 28.7 Å². The van der Waals surface area contributed by atoms with Gasteiger partial charge in [0.1, 0.15) is 5.82 Å². The number of halogens is 2. The Kier molecular flexibility index (Phi) is 3.60. The van der Waals surface area contributed by atoms with Crippen LogP contribution in [0.25, 0.3) is 0 Å². The molecular weight excluding hydrogens is 259 g/mol. The Labute approximate surface area is 108 Å². The lowest BCUT2D eigenvalue weighted by Gasteiger charge is -2.02. The van der Waals surface area contributed by atoms with E-state index < -0.39 is 5.82 Å². The quantitative estimate of drug-likeness (QED) is 0.760. The number of aryl methyl sites for hydroxylation is 1. The molecule has 0 spiro atoms. The van der Waals surface area contributed by atoms with Crippen LogP contribution in [-0.4, -0.2) is 5.78 Å². The maximum absolute atomic E-state index is 12.8. The SMILES string of the molecule is Cc1cc(C(=O)Cc2ccc(F)cc2Cl)cs1. The highest BCUT2D eigenvalue weighted by Crippen LogP contribution is 2.21. The molecule has 0 aliphatic carbocycles. The van der Waals surface area contributed by atoms with Crippen molar-refractivity contribution in [3.63, 3.8) is 0 Å². The van der Waals surface area contributed by atoms with Gasteiger partial charge in [-0.15, -0.1) is 11.3 Å². The molecule has 0 atom stereocenters. The van der Waals surface area contributed by atoms with Crippen molar-refractivity contribution in [1.82, 2.24) is 0 Å². The van der Waals surface area contributed by atoms with Crippen LogP contribution < -0.4 is 0 Å². The van der Waals surface area contributed by atoms with E-state index in [0.29, 0.717) is 16.1 Å². The average molecular weight is 269 g/mol. The van der Waals surface area contributed by atoms with Crippen molar-refractivity contribution in [1.29, 1.82) is 0 Å². The Balaban J connectivity index is 2.18. The topological polar surface area (TPSA) is 17.1 Å². The molecule has 1 heterocycles. The Morgan fingerprint density at radius 1 is 1.41 bits per heavy atom. The third-order valence-corrected chi connectivity index (χ3v) is 3.63. The van der Waals surface area contributed by atoms with Crippen molar-refractivity contribution in [3.8, 4) is 0 Å². The van der Waals surface area contributed by atoms with E-state index in [1.54, 1.807) is 6.07 Å². The summed E-state index contributed by atoms with van der Waals surface area (Å²) in [6.45, 7) is 1.95. The predicted molar refractivity (Wildman–Crippen MR) is 68.5 cm³/mol. The summed E-state index contributed by atoms with van der Waals surface area (Å²) in [4.78, 5) is 13.0. The molecule has 2 aromatic rings. The summed E-state index contributed by atoms with van der Waals surface area (Å²) in [6, 6.07) is 5.94. The minimum Gasteiger partial charge on any atom is -0.294 e. The van der Waals surface area contributed by atoms with Gasteiger partial charge in [-0.3, -0.25) is 4.79 Å². The van der Waals surface area contributed by atoms with E-state index in [-0.39, 0.29) is 12.2 Å². The van der Waals surface area contributed by atoms with Crippen LogP contribution in [-0.2, 0) is 6.42 Å². The summed E-state index contributed by atoms with van der Waals surface area (Å²) in [5.74, 6) is -0.388. The van der Waals surface area contributed by atoms with E-state index in [9.17, 15) is 9.18 Å². The van der Waals surface area contributed by atoms with Crippen LogP contribution >= 0.6 is 22.9 Å². The molecule has 0 bridgehead atoms. The largest absolute Gasteiger partial charge is 0.294 e. The lowest BCUT2D eigenvalue weighted by molar-refractivity contribution is 0.0993. The fraction of sp³-hybridized carbons (Fsp3) is 0.154.